The van der Waals surface area contributed by atoms with Crippen LogP contribution in [0.15, 0.2) is 24.3 Å². The molecule has 164 valence electrons. The molecule has 0 radical (unpaired) electrons. The van der Waals surface area contributed by atoms with Crippen LogP contribution >= 0.6 is 0 Å². The third-order valence-corrected chi connectivity index (χ3v) is 7.08. The van der Waals surface area contributed by atoms with Crippen molar-refractivity contribution in [3.8, 4) is 0 Å². The molecule has 1 aromatic rings. The number of fused-ring (bicyclic) bond motifs is 1. The molecule has 0 aromatic heterocycles. The van der Waals surface area contributed by atoms with Gasteiger partial charge >= 0.3 is 0 Å². The van der Waals surface area contributed by atoms with Crippen LogP contribution in [0.25, 0.3) is 0 Å². The van der Waals surface area contributed by atoms with Crippen LogP contribution in [0.2, 0.25) is 0 Å². The van der Waals surface area contributed by atoms with Crippen molar-refractivity contribution in [2.24, 2.45) is 5.92 Å². The second-order valence-corrected chi connectivity index (χ2v) is 9.38. The molecule has 2 amide bonds. The largest absolute Gasteiger partial charge is 0.378 e. The van der Waals surface area contributed by atoms with Crippen molar-refractivity contribution < 1.29 is 9.59 Å². The highest BCUT2D eigenvalue weighted by Crippen LogP contribution is 2.32. The van der Waals surface area contributed by atoms with Gasteiger partial charge in [0.15, 0.2) is 0 Å². The van der Waals surface area contributed by atoms with Gasteiger partial charge in [-0.25, -0.2) is 0 Å². The fourth-order valence-corrected chi connectivity index (χ4v) is 5.39. The minimum Gasteiger partial charge on any atom is -0.378 e. The van der Waals surface area contributed by atoms with Gasteiger partial charge in [0, 0.05) is 77.9 Å². The predicted molar refractivity (Wildman–Crippen MR) is 119 cm³/mol. The molecule has 0 spiro atoms. The number of rotatable bonds is 7. The molecule has 0 bridgehead atoms. The Morgan fingerprint density at radius 3 is 2.47 bits per heavy atom. The molecule has 3 aliphatic heterocycles. The molecule has 0 N–H and O–H groups in total. The molecule has 3 heterocycles. The summed E-state index contributed by atoms with van der Waals surface area (Å²) in [6, 6.07) is 9.23. The second kappa shape index (κ2) is 9.38. The van der Waals surface area contributed by atoms with Gasteiger partial charge in [-0.05, 0) is 49.3 Å². The van der Waals surface area contributed by atoms with Crippen molar-refractivity contribution >= 4 is 17.5 Å². The van der Waals surface area contributed by atoms with Crippen LogP contribution in [0.1, 0.15) is 44.1 Å². The van der Waals surface area contributed by atoms with Gasteiger partial charge in [0.25, 0.3) is 0 Å². The number of carbonyl (C=O) groups excluding carboxylic acids is 2. The van der Waals surface area contributed by atoms with E-state index in [1.807, 2.05) is 4.90 Å². The van der Waals surface area contributed by atoms with Crippen LogP contribution in [0.4, 0.5) is 5.69 Å². The highest BCUT2D eigenvalue weighted by molar-refractivity contribution is 5.78. The molecule has 4 rings (SSSR count). The SMILES string of the molecule is CN(C)c1ccc(CN2CC[C@H]3[C@H](CCC(=O)N3CCCN3CCCC3=O)C2)cc1. The van der Waals surface area contributed by atoms with Gasteiger partial charge in [-0.1, -0.05) is 12.1 Å². The summed E-state index contributed by atoms with van der Waals surface area (Å²) in [4.78, 5) is 33.3. The van der Waals surface area contributed by atoms with E-state index in [0.29, 0.717) is 30.7 Å². The van der Waals surface area contributed by atoms with Gasteiger partial charge in [0.2, 0.25) is 11.8 Å². The number of carbonyl (C=O) groups is 2. The smallest absolute Gasteiger partial charge is 0.222 e. The standard InChI is InChI=1S/C24H36N4O2/c1-25(2)21-9-6-19(7-10-21)17-26-16-12-22-20(18-26)8-11-24(30)28(22)15-4-14-27-13-3-5-23(27)29/h6-7,9-10,20,22H,3-5,8,11-18H2,1-2H3/t20-,22+/m1/s1. The van der Waals surface area contributed by atoms with E-state index in [1.165, 1.54) is 11.3 Å². The number of amides is 2. The lowest BCUT2D eigenvalue weighted by Crippen LogP contribution is -2.56. The zero-order chi connectivity index (χ0) is 21.1. The monoisotopic (exact) mass is 412 g/mol. The van der Waals surface area contributed by atoms with Crippen LogP contribution in [0.5, 0.6) is 0 Å². The molecule has 3 saturated heterocycles. The first-order valence-electron chi connectivity index (χ1n) is 11.6. The summed E-state index contributed by atoms with van der Waals surface area (Å²) in [5, 5.41) is 0. The number of benzene rings is 1. The summed E-state index contributed by atoms with van der Waals surface area (Å²) in [6.07, 6.45) is 5.34. The molecule has 2 atom stereocenters. The number of nitrogens with zero attached hydrogens (tertiary/aromatic N) is 4. The number of anilines is 1. The van der Waals surface area contributed by atoms with E-state index in [-0.39, 0.29) is 5.91 Å². The average Bonchev–Trinajstić information content (AvgIpc) is 3.15. The molecule has 6 heteroatoms. The lowest BCUT2D eigenvalue weighted by atomic mass is 9.83. The first-order valence-corrected chi connectivity index (χ1v) is 11.6. The van der Waals surface area contributed by atoms with E-state index in [0.717, 1.165) is 65.0 Å². The summed E-state index contributed by atoms with van der Waals surface area (Å²) in [5.74, 6) is 1.17. The van der Waals surface area contributed by atoms with E-state index < -0.39 is 0 Å². The Hall–Kier alpha value is -2.08. The Kier molecular flexibility index (Phi) is 6.61. The van der Waals surface area contributed by atoms with E-state index in [9.17, 15) is 9.59 Å². The highest BCUT2D eigenvalue weighted by Gasteiger charge is 2.39. The summed E-state index contributed by atoms with van der Waals surface area (Å²) in [5.41, 5.74) is 2.59. The molecule has 1 aromatic carbocycles. The number of piperidine rings is 2. The molecule has 3 fully saturated rings. The third-order valence-electron chi connectivity index (χ3n) is 7.08. The molecule has 0 unspecified atom stereocenters. The Morgan fingerprint density at radius 2 is 1.77 bits per heavy atom. The summed E-state index contributed by atoms with van der Waals surface area (Å²) < 4.78 is 0. The van der Waals surface area contributed by atoms with Crippen LogP contribution < -0.4 is 4.90 Å². The topological polar surface area (TPSA) is 47.1 Å². The summed E-state index contributed by atoms with van der Waals surface area (Å²) in [6.45, 7) is 5.61. The average molecular weight is 413 g/mol. The van der Waals surface area contributed by atoms with E-state index >= 15 is 0 Å². The molecular formula is C24H36N4O2. The zero-order valence-corrected chi connectivity index (χ0v) is 18.6. The van der Waals surface area contributed by atoms with Gasteiger partial charge < -0.3 is 14.7 Å². The van der Waals surface area contributed by atoms with Crippen molar-refractivity contribution in [1.82, 2.24) is 14.7 Å². The molecular weight excluding hydrogens is 376 g/mol. The van der Waals surface area contributed by atoms with Crippen LogP contribution in [0, 0.1) is 5.92 Å². The quantitative estimate of drug-likeness (QED) is 0.691. The Morgan fingerprint density at radius 1 is 0.967 bits per heavy atom. The molecule has 6 nitrogen and oxygen atoms in total. The zero-order valence-electron chi connectivity index (χ0n) is 18.6. The normalized spacial score (nSPS) is 25.0. The predicted octanol–water partition coefficient (Wildman–Crippen LogP) is 2.58. The van der Waals surface area contributed by atoms with Gasteiger partial charge in [-0.3, -0.25) is 14.5 Å². The molecule has 0 saturated carbocycles. The van der Waals surface area contributed by atoms with Crippen molar-refractivity contribution in [2.75, 3.05) is 51.7 Å². The van der Waals surface area contributed by atoms with Gasteiger partial charge in [0.05, 0.1) is 0 Å². The molecule has 3 aliphatic rings. The Balaban J connectivity index is 1.29. The Bertz CT molecular complexity index is 748. The van der Waals surface area contributed by atoms with Gasteiger partial charge in [-0.2, -0.15) is 0 Å². The second-order valence-electron chi connectivity index (χ2n) is 9.38. The maximum Gasteiger partial charge on any atom is 0.222 e. The lowest BCUT2D eigenvalue weighted by molar-refractivity contribution is -0.141. The number of hydrogen-bond acceptors (Lipinski definition) is 4. The third kappa shape index (κ3) is 4.80. The van der Waals surface area contributed by atoms with Crippen molar-refractivity contribution in [3.05, 3.63) is 29.8 Å². The summed E-state index contributed by atoms with van der Waals surface area (Å²) >= 11 is 0. The van der Waals surface area contributed by atoms with Crippen LogP contribution in [-0.4, -0.2) is 79.4 Å². The first-order chi connectivity index (χ1) is 14.5. The molecule has 30 heavy (non-hydrogen) atoms. The molecule has 0 aliphatic carbocycles. The first kappa shape index (κ1) is 21.2. The fraction of sp³-hybridized carbons (Fsp3) is 0.667. The van der Waals surface area contributed by atoms with Gasteiger partial charge in [-0.15, -0.1) is 0 Å². The van der Waals surface area contributed by atoms with Gasteiger partial charge in [0.1, 0.15) is 0 Å². The van der Waals surface area contributed by atoms with E-state index in [1.54, 1.807) is 0 Å². The van der Waals surface area contributed by atoms with Crippen LogP contribution in [0.3, 0.4) is 0 Å². The van der Waals surface area contributed by atoms with E-state index in [2.05, 4.69) is 53.1 Å². The van der Waals surface area contributed by atoms with Crippen LogP contribution in [-0.2, 0) is 16.1 Å². The number of hydrogen-bond donors (Lipinski definition) is 0. The van der Waals surface area contributed by atoms with Crippen molar-refractivity contribution in [2.45, 2.75) is 51.1 Å². The highest BCUT2D eigenvalue weighted by atomic mass is 16.2. The maximum absolute atomic E-state index is 12.6. The van der Waals surface area contributed by atoms with E-state index in [4.69, 9.17) is 0 Å². The number of likely N-dealkylation sites (tertiary alicyclic amines) is 3. The Labute approximate surface area is 180 Å². The summed E-state index contributed by atoms with van der Waals surface area (Å²) in [7, 11) is 4.14. The fourth-order valence-electron chi connectivity index (χ4n) is 5.39. The van der Waals surface area contributed by atoms with Crippen molar-refractivity contribution in [1.29, 1.82) is 0 Å². The van der Waals surface area contributed by atoms with Crippen molar-refractivity contribution in [3.63, 3.8) is 0 Å². The minimum atomic E-state index is 0.282. The maximum atomic E-state index is 12.6. The minimum absolute atomic E-state index is 0.282. The lowest BCUT2D eigenvalue weighted by Gasteiger charge is -2.47.